The molecule has 1 heterocycles. The molecule has 0 spiro atoms. The van der Waals surface area contributed by atoms with Crippen LogP contribution in [0.3, 0.4) is 0 Å². The number of aliphatic hydroxyl groups excluding tert-OH is 1. The van der Waals surface area contributed by atoms with E-state index in [4.69, 9.17) is 0 Å². The number of aryl methyl sites for hydroxylation is 1. The Kier molecular flexibility index (Phi) is 3.80. The predicted molar refractivity (Wildman–Crippen MR) is 85.5 cm³/mol. The SMILES string of the molecule is Cc1ccc(NC(O)c2cc(-c3cccc(O)c3)n[nH]2)cc1. The molecule has 5 nitrogen and oxygen atoms in total. The predicted octanol–water partition coefficient (Wildman–Crippen LogP) is 3.19. The number of benzene rings is 2. The van der Waals surface area contributed by atoms with Gasteiger partial charge in [-0.25, -0.2) is 0 Å². The largest absolute Gasteiger partial charge is 0.508 e. The zero-order chi connectivity index (χ0) is 15.5. The summed E-state index contributed by atoms with van der Waals surface area (Å²) in [6.45, 7) is 2.01. The van der Waals surface area contributed by atoms with E-state index in [1.54, 1.807) is 24.3 Å². The van der Waals surface area contributed by atoms with Crippen LogP contribution in [0.1, 0.15) is 17.5 Å². The number of aliphatic hydroxyl groups is 1. The minimum absolute atomic E-state index is 0.181. The fraction of sp³-hybridized carbons (Fsp3) is 0.118. The number of rotatable bonds is 4. The molecule has 0 radical (unpaired) electrons. The van der Waals surface area contributed by atoms with Gasteiger partial charge in [0.05, 0.1) is 11.4 Å². The molecule has 1 unspecified atom stereocenters. The molecule has 2 aromatic carbocycles. The lowest BCUT2D eigenvalue weighted by Gasteiger charge is -2.12. The van der Waals surface area contributed by atoms with E-state index in [0.29, 0.717) is 11.4 Å². The lowest BCUT2D eigenvalue weighted by Crippen LogP contribution is -2.09. The highest BCUT2D eigenvalue weighted by molar-refractivity contribution is 5.61. The first-order valence-corrected chi connectivity index (χ1v) is 6.98. The summed E-state index contributed by atoms with van der Waals surface area (Å²) in [7, 11) is 0. The molecular weight excluding hydrogens is 278 g/mol. The van der Waals surface area contributed by atoms with Gasteiger partial charge in [-0.15, -0.1) is 0 Å². The molecule has 1 atom stereocenters. The number of aromatic hydroxyl groups is 1. The second kappa shape index (κ2) is 5.91. The lowest BCUT2D eigenvalue weighted by atomic mass is 10.1. The Morgan fingerprint density at radius 1 is 1.09 bits per heavy atom. The number of aromatic amines is 1. The summed E-state index contributed by atoms with van der Waals surface area (Å²) in [4.78, 5) is 0. The molecule has 0 aliphatic rings. The van der Waals surface area contributed by atoms with Crippen molar-refractivity contribution < 1.29 is 10.2 Å². The van der Waals surface area contributed by atoms with Crippen LogP contribution in [0.25, 0.3) is 11.3 Å². The molecule has 3 aromatic rings. The minimum Gasteiger partial charge on any atom is -0.508 e. The third-order valence-electron chi connectivity index (χ3n) is 3.39. The van der Waals surface area contributed by atoms with Gasteiger partial charge < -0.3 is 15.5 Å². The molecule has 112 valence electrons. The fourth-order valence-corrected chi connectivity index (χ4v) is 2.18. The molecule has 0 aliphatic heterocycles. The van der Waals surface area contributed by atoms with Crippen molar-refractivity contribution >= 4 is 5.69 Å². The van der Waals surface area contributed by atoms with Crippen LogP contribution in [0, 0.1) is 6.92 Å². The normalized spacial score (nSPS) is 12.1. The van der Waals surface area contributed by atoms with E-state index < -0.39 is 6.23 Å². The van der Waals surface area contributed by atoms with Crippen LogP contribution in [-0.4, -0.2) is 20.4 Å². The summed E-state index contributed by atoms with van der Waals surface area (Å²) < 4.78 is 0. The second-order valence-corrected chi connectivity index (χ2v) is 5.17. The Morgan fingerprint density at radius 3 is 2.59 bits per heavy atom. The van der Waals surface area contributed by atoms with Gasteiger partial charge in [0.2, 0.25) is 0 Å². The van der Waals surface area contributed by atoms with Crippen molar-refractivity contribution in [3.63, 3.8) is 0 Å². The molecule has 22 heavy (non-hydrogen) atoms. The van der Waals surface area contributed by atoms with Gasteiger partial charge in [-0.05, 0) is 37.3 Å². The summed E-state index contributed by atoms with van der Waals surface area (Å²) in [6, 6.07) is 16.3. The first-order valence-electron chi connectivity index (χ1n) is 6.98. The van der Waals surface area contributed by atoms with Crippen LogP contribution in [-0.2, 0) is 0 Å². The quantitative estimate of drug-likeness (QED) is 0.557. The van der Waals surface area contributed by atoms with Crippen molar-refractivity contribution in [2.75, 3.05) is 5.32 Å². The topological polar surface area (TPSA) is 81.2 Å². The van der Waals surface area contributed by atoms with Crippen LogP contribution < -0.4 is 5.32 Å². The Morgan fingerprint density at radius 2 is 1.86 bits per heavy atom. The Bertz CT molecular complexity index is 766. The van der Waals surface area contributed by atoms with E-state index in [1.807, 2.05) is 37.3 Å². The summed E-state index contributed by atoms with van der Waals surface area (Å²) in [5, 5.41) is 29.7. The second-order valence-electron chi connectivity index (χ2n) is 5.17. The van der Waals surface area contributed by atoms with Crippen LogP contribution in [0.5, 0.6) is 5.75 Å². The van der Waals surface area contributed by atoms with Crippen molar-refractivity contribution in [2.45, 2.75) is 13.2 Å². The van der Waals surface area contributed by atoms with E-state index >= 15 is 0 Å². The maximum atomic E-state index is 10.2. The first-order chi connectivity index (χ1) is 10.6. The standard InChI is InChI=1S/C17H17N3O2/c1-11-5-7-13(8-6-11)18-17(22)16-10-15(19-20-16)12-3-2-4-14(21)9-12/h2-10,17-18,21-22H,1H3,(H,19,20). The number of phenols is 1. The maximum absolute atomic E-state index is 10.2. The average Bonchev–Trinajstić information content (AvgIpc) is 3.00. The van der Waals surface area contributed by atoms with Gasteiger partial charge in [0.1, 0.15) is 5.75 Å². The van der Waals surface area contributed by atoms with Gasteiger partial charge in [0.25, 0.3) is 0 Å². The van der Waals surface area contributed by atoms with Crippen molar-refractivity contribution in [2.24, 2.45) is 0 Å². The third kappa shape index (κ3) is 3.10. The van der Waals surface area contributed by atoms with E-state index in [0.717, 1.165) is 16.8 Å². The minimum atomic E-state index is -0.888. The van der Waals surface area contributed by atoms with E-state index in [9.17, 15) is 10.2 Å². The highest BCUT2D eigenvalue weighted by Crippen LogP contribution is 2.24. The third-order valence-corrected chi connectivity index (χ3v) is 3.39. The van der Waals surface area contributed by atoms with Gasteiger partial charge in [0, 0.05) is 11.3 Å². The highest BCUT2D eigenvalue weighted by atomic mass is 16.3. The fourth-order valence-electron chi connectivity index (χ4n) is 2.18. The zero-order valence-corrected chi connectivity index (χ0v) is 12.1. The summed E-state index contributed by atoms with van der Waals surface area (Å²) in [6.07, 6.45) is -0.888. The molecule has 0 saturated heterocycles. The lowest BCUT2D eigenvalue weighted by molar-refractivity contribution is 0.203. The number of anilines is 1. The number of aromatic nitrogens is 2. The van der Waals surface area contributed by atoms with Crippen LogP contribution >= 0.6 is 0 Å². The smallest absolute Gasteiger partial charge is 0.167 e. The molecule has 1 aromatic heterocycles. The molecule has 3 rings (SSSR count). The van der Waals surface area contributed by atoms with Gasteiger partial charge in [0.15, 0.2) is 6.23 Å². The molecule has 5 heteroatoms. The van der Waals surface area contributed by atoms with Gasteiger partial charge in [-0.1, -0.05) is 29.8 Å². The number of hydrogen-bond acceptors (Lipinski definition) is 4. The van der Waals surface area contributed by atoms with Crippen LogP contribution in [0.4, 0.5) is 5.69 Å². The zero-order valence-electron chi connectivity index (χ0n) is 12.1. The first kappa shape index (κ1) is 14.2. The van der Waals surface area contributed by atoms with E-state index in [1.165, 1.54) is 0 Å². The number of nitrogens with one attached hydrogen (secondary N) is 2. The number of hydrogen-bond donors (Lipinski definition) is 4. The van der Waals surface area contributed by atoms with Crippen molar-refractivity contribution in [3.8, 4) is 17.0 Å². The molecule has 0 amide bonds. The monoisotopic (exact) mass is 295 g/mol. The van der Waals surface area contributed by atoms with Crippen molar-refractivity contribution in [3.05, 3.63) is 65.9 Å². The Labute approximate surface area is 128 Å². The summed E-state index contributed by atoms with van der Waals surface area (Å²) in [5.74, 6) is 0.181. The molecule has 0 bridgehead atoms. The van der Waals surface area contributed by atoms with E-state index in [2.05, 4.69) is 15.5 Å². The molecule has 0 fully saturated rings. The van der Waals surface area contributed by atoms with Crippen LogP contribution in [0.15, 0.2) is 54.6 Å². The molecular formula is C17H17N3O2. The molecule has 0 saturated carbocycles. The van der Waals surface area contributed by atoms with Crippen molar-refractivity contribution in [1.82, 2.24) is 10.2 Å². The van der Waals surface area contributed by atoms with Gasteiger partial charge in [-0.2, -0.15) is 5.10 Å². The summed E-state index contributed by atoms with van der Waals surface area (Å²) >= 11 is 0. The van der Waals surface area contributed by atoms with Gasteiger partial charge >= 0.3 is 0 Å². The van der Waals surface area contributed by atoms with Gasteiger partial charge in [-0.3, -0.25) is 5.10 Å². The van der Waals surface area contributed by atoms with E-state index in [-0.39, 0.29) is 5.75 Å². The Balaban J connectivity index is 1.76. The molecule has 0 aliphatic carbocycles. The number of H-pyrrole nitrogens is 1. The average molecular weight is 295 g/mol. The number of phenolic OH excluding ortho intramolecular Hbond substituents is 1. The number of nitrogens with zero attached hydrogens (tertiary/aromatic N) is 1. The molecule has 4 N–H and O–H groups in total. The summed E-state index contributed by atoms with van der Waals surface area (Å²) in [5.41, 5.74) is 3.99. The van der Waals surface area contributed by atoms with Crippen molar-refractivity contribution in [1.29, 1.82) is 0 Å². The maximum Gasteiger partial charge on any atom is 0.167 e. The Hall–Kier alpha value is -2.79. The highest BCUT2D eigenvalue weighted by Gasteiger charge is 2.12. The van der Waals surface area contributed by atoms with Crippen LogP contribution in [0.2, 0.25) is 0 Å².